The van der Waals surface area contributed by atoms with E-state index < -0.39 is 0 Å². The molecule has 2 aliphatic heterocycles. The molecule has 2 aliphatic rings. The Morgan fingerprint density at radius 1 is 1.11 bits per heavy atom. The smallest absolute Gasteiger partial charge is 0.248 e. The summed E-state index contributed by atoms with van der Waals surface area (Å²) in [7, 11) is 0. The number of benzene rings is 2. The van der Waals surface area contributed by atoms with Gasteiger partial charge in [-0.1, -0.05) is 52.6 Å². The highest BCUT2D eigenvalue weighted by atomic mass is 35.5. The van der Waals surface area contributed by atoms with Crippen LogP contribution in [-0.4, -0.2) is 45.5 Å². The van der Waals surface area contributed by atoms with Gasteiger partial charge in [0.15, 0.2) is 0 Å². The molecule has 2 fully saturated rings. The first-order chi connectivity index (χ1) is 13.7. The van der Waals surface area contributed by atoms with Gasteiger partial charge < -0.3 is 15.0 Å². The van der Waals surface area contributed by atoms with Gasteiger partial charge in [0.25, 0.3) is 0 Å². The highest BCUT2D eigenvalue weighted by Crippen LogP contribution is 2.35. The zero-order valence-electron chi connectivity index (χ0n) is 14.9. The third-order valence-corrected chi connectivity index (χ3v) is 6.08. The Kier molecular flexibility index (Phi) is 4.58. The predicted molar refractivity (Wildman–Crippen MR) is 108 cm³/mol. The second kappa shape index (κ2) is 7.24. The highest BCUT2D eigenvalue weighted by Gasteiger charge is 2.39. The number of fused-ring (bicyclic) bond motifs is 2. The number of ether oxygens (including phenoxy) is 1. The predicted octanol–water partition coefficient (Wildman–Crippen LogP) is 3.56. The molecule has 2 bridgehead atoms. The Bertz CT molecular complexity index is 1010. The summed E-state index contributed by atoms with van der Waals surface area (Å²) in [5.41, 5.74) is 3.04. The van der Waals surface area contributed by atoms with E-state index in [-0.39, 0.29) is 0 Å². The molecule has 3 heterocycles. The number of hydrogen-bond donors (Lipinski definition) is 1. The SMILES string of the molecule is Clc1cccc(-n2nnnc2NCc2ccccc2N2CC3CC2CO3)c1Cl. The first-order valence-corrected chi connectivity index (χ1v) is 9.89. The number of nitrogens with zero attached hydrogens (tertiary/aromatic N) is 5. The molecule has 0 saturated carbocycles. The first-order valence-electron chi connectivity index (χ1n) is 9.13. The molecule has 1 N–H and O–H groups in total. The molecule has 3 aromatic rings. The number of anilines is 2. The lowest BCUT2D eigenvalue weighted by molar-refractivity contribution is 0.0991. The number of nitrogens with one attached hydrogen (secondary N) is 1. The maximum Gasteiger partial charge on any atom is 0.248 e. The minimum atomic E-state index is 0.350. The molecule has 0 spiro atoms. The van der Waals surface area contributed by atoms with E-state index in [9.17, 15) is 0 Å². The average Bonchev–Trinajstić information content (AvgIpc) is 3.46. The summed E-state index contributed by atoms with van der Waals surface area (Å²) in [5.74, 6) is 0.505. The zero-order chi connectivity index (χ0) is 19.1. The van der Waals surface area contributed by atoms with Crippen LogP contribution in [0.5, 0.6) is 0 Å². The molecule has 0 radical (unpaired) electrons. The molecule has 2 aromatic carbocycles. The first kappa shape index (κ1) is 17.7. The molecule has 0 amide bonds. The van der Waals surface area contributed by atoms with E-state index in [4.69, 9.17) is 27.9 Å². The van der Waals surface area contributed by atoms with Gasteiger partial charge in [0.2, 0.25) is 5.95 Å². The van der Waals surface area contributed by atoms with Crippen LogP contribution in [0.4, 0.5) is 11.6 Å². The third-order valence-electron chi connectivity index (χ3n) is 5.27. The number of aromatic nitrogens is 4. The largest absolute Gasteiger partial charge is 0.374 e. The summed E-state index contributed by atoms with van der Waals surface area (Å²) < 4.78 is 7.30. The van der Waals surface area contributed by atoms with Crippen LogP contribution in [0, 0.1) is 0 Å². The van der Waals surface area contributed by atoms with E-state index >= 15 is 0 Å². The fourth-order valence-electron chi connectivity index (χ4n) is 3.93. The lowest BCUT2D eigenvalue weighted by Gasteiger charge is -2.30. The van der Waals surface area contributed by atoms with Crippen molar-refractivity contribution in [3.05, 3.63) is 58.1 Å². The van der Waals surface area contributed by atoms with Gasteiger partial charge in [-0.25, -0.2) is 0 Å². The van der Waals surface area contributed by atoms with Crippen LogP contribution in [0.1, 0.15) is 12.0 Å². The molecule has 1 aromatic heterocycles. The lowest BCUT2D eigenvalue weighted by atomic mass is 10.1. The second-order valence-corrected chi connectivity index (χ2v) is 7.75. The van der Waals surface area contributed by atoms with Gasteiger partial charge in [-0.2, -0.15) is 4.68 Å². The van der Waals surface area contributed by atoms with E-state index in [1.54, 1.807) is 10.7 Å². The maximum atomic E-state index is 6.33. The van der Waals surface area contributed by atoms with Crippen LogP contribution < -0.4 is 10.2 Å². The molecule has 9 heteroatoms. The quantitative estimate of drug-likeness (QED) is 0.685. The molecule has 2 unspecified atom stereocenters. The minimum absolute atomic E-state index is 0.350. The van der Waals surface area contributed by atoms with Crippen LogP contribution in [0.25, 0.3) is 5.69 Å². The van der Waals surface area contributed by atoms with E-state index in [1.807, 2.05) is 18.2 Å². The molecular formula is C19H18Cl2N6O. The van der Waals surface area contributed by atoms with Crippen molar-refractivity contribution in [1.82, 2.24) is 20.2 Å². The van der Waals surface area contributed by atoms with Gasteiger partial charge in [0, 0.05) is 18.8 Å². The lowest BCUT2D eigenvalue weighted by Crippen LogP contribution is -2.37. The Labute approximate surface area is 172 Å². The second-order valence-electron chi connectivity index (χ2n) is 6.97. The van der Waals surface area contributed by atoms with Gasteiger partial charge >= 0.3 is 0 Å². The van der Waals surface area contributed by atoms with Crippen LogP contribution in [-0.2, 0) is 11.3 Å². The van der Waals surface area contributed by atoms with Crippen molar-refractivity contribution >= 4 is 34.8 Å². The minimum Gasteiger partial charge on any atom is -0.374 e. The summed E-state index contributed by atoms with van der Waals surface area (Å²) in [6, 6.07) is 14.2. The number of rotatable bonds is 5. The molecule has 7 nitrogen and oxygen atoms in total. The Hall–Kier alpha value is -2.35. The van der Waals surface area contributed by atoms with Crippen LogP contribution in [0.2, 0.25) is 10.0 Å². The summed E-state index contributed by atoms with van der Waals surface area (Å²) >= 11 is 12.5. The van der Waals surface area contributed by atoms with Gasteiger partial charge in [0.05, 0.1) is 34.5 Å². The average molecular weight is 417 g/mol. The van der Waals surface area contributed by atoms with Crippen molar-refractivity contribution in [1.29, 1.82) is 0 Å². The van der Waals surface area contributed by atoms with E-state index in [0.717, 1.165) is 19.6 Å². The molecule has 2 atom stereocenters. The van der Waals surface area contributed by atoms with Crippen molar-refractivity contribution in [2.75, 3.05) is 23.4 Å². The summed E-state index contributed by atoms with van der Waals surface area (Å²) in [6.07, 6.45) is 1.45. The standard InChI is InChI=1S/C19H18Cl2N6O/c20-15-5-3-7-17(18(15)21)27-19(23-24-25-27)22-9-12-4-1-2-6-16(12)26-10-14-8-13(26)11-28-14/h1-7,13-14H,8-11H2,(H,22,23,25). The Morgan fingerprint density at radius 2 is 1.96 bits per heavy atom. The fourth-order valence-corrected chi connectivity index (χ4v) is 4.30. The fraction of sp³-hybridized carbons (Fsp3) is 0.316. The molecule has 0 aliphatic carbocycles. The summed E-state index contributed by atoms with van der Waals surface area (Å²) in [6.45, 7) is 2.33. The third kappa shape index (κ3) is 3.09. The van der Waals surface area contributed by atoms with Crippen molar-refractivity contribution in [2.45, 2.75) is 25.1 Å². The van der Waals surface area contributed by atoms with Crippen LogP contribution in [0.3, 0.4) is 0 Å². The monoisotopic (exact) mass is 416 g/mol. The molecule has 2 saturated heterocycles. The normalized spacial score (nSPS) is 20.7. The number of halogens is 2. The van der Waals surface area contributed by atoms with E-state index in [1.165, 1.54) is 11.3 Å². The van der Waals surface area contributed by atoms with Gasteiger partial charge in [0.1, 0.15) is 0 Å². The maximum absolute atomic E-state index is 6.33. The molecular weight excluding hydrogens is 399 g/mol. The van der Waals surface area contributed by atoms with Crippen molar-refractivity contribution < 1.29 is 4.74 Å². The summed E-state index contributed by atoms with van der Waals surface area (Å²) in [4.78, 5) is 2.45. The van der Waals surface area contributed by atoms with Crippen molar-refractivity contribution in [2.24, 2.45) is 0 Å². The summed E-state index contributed by atoms with van der Waals surface area (Å²) in [5, 5.41) is 16.1. The van der Waals surface area contributed by atoms with E-state index in [2.05, 4.69) is 43.9 Å². The Balaban J connectivity index is 1.39. The van der Waals surface area contributed by atoms with Crippen molar-refractivity contribution in [3.63, 3.8) is 0 Å². The van der Waals surface area contributed by atoms with Crippen molar-refractivity contribution in [3.8, 4) is 5.69 Å². The van der Waals surface area contributed by atoms with Gasteiger partial charge in [-0.15, -0.1) is 0 Å². The van der Waals surface area contributed by atoms with Gasteiger partial charge in [-0.3, -0.25) is 0 Å². The number of morpholine rings is 1. The molecule has 5 rings (SSSR count). The van der Waals surface area contributed by atoms with Crippen LogP contribution in [0.15, 0.2) is 42.5 Å². The zero-order valence-corrected chi connectivity index (χ0v) is 16.4. The van der Waals surface area contributed by atoms with Crippen LogP contribution >= 0.6 is 23.2 Å². The topological polar surface area (TPSA) is 68.1 Å². The number of para-hydroxylation sites is 1. The Morgan fingerprint density at radius 3 is 2.79 bits per heavy atom. The van der Waals surface area contributed by atoms with Gasteiger partial charge in [-0.05, 0) is 40.6 Å². The number of hydrogen-bond acceptors (Lipinski definition) is 6. The van der Waals surface area contributed by atoms with E-state index in [0.29, 0.717) is 40.4 Å². The highest BCUT2D eigenvalue weighted by molar-refractivity contribution is 6.43. The number of tetrazole rings is 1. The molecule has 144 valence electrons. The molecule has 28 heavy (non-hydrogen) atoms.